The lowest BCUT2D eigenvalue weighted by atomic mass is 10.1. The molecule has 1 atom stereocenters. The van der Waals surface area contributed by atoms with Crippen molar-refractivity contribution in [3.05, 3.63) is 59.7 Å². The molecule has 3 rings (SSSR count). The molecule has 7 heteroatoms. The number of sulfonamides is 1. The van der Waals surface area contributed by atoms with Crippen LogP contribution in [0.4, 0.5) is 0 Å². The van der Waals surface area contributed by atoms with Crippen LogP contribution >= 0.6 is 0 Å². The lowest BCUT2D eigenvalue weighted by Gasteiger charge is -2.26. The molecule has 1 unspecified atom stereocenters. The van der Waals surface area contributed by atoms with E-state index in [2.05, 4.69) is 5.32 Å². The number of hydrogen-bond acceptors (Lipinski definition) is 4. The molecular weight excluding hydrogens is 388 g/mol. The Morgan fingerprint density at radius 3 is 2.55 bits per heavy atom. The number of nitrogens with zero attached hydrogens (tertiary/aromatic N) is 1. The predicted octanol–water partition coefficient (Wildman–Crippen LogP) is 3.75. The zero-order valence-electron chi connectivity index (χ0n) is 16.9. The Kier molecular flexibility index (Phi) is 6.92. The van der Waals surface area contributed by atoms with Crippen molar-refractivity contribution in [1.82, 2.24) is 9.62 Å². The number of rotatable bonds is 7. The molecule has 0 spiro atoms. The summed E-state index contributed by atoms with van der Waals surface area (Å²) in [4.78, 5) is 13.0. The topological polar surface area (TPSA) is 75.7 Å². The number of carbonyl (C=O) groups is 1. The fourth-order valence-electron chi connectivity index (χ4n) is 3.52. The molecular formula is C22H28N2O4S. The largest absolute Gasteiger partial charge is 0.494 e. The van der Waals surface area contributed by atoms with E-state index < -0.39 is 15.9 Å². The van der Waals surface area contributed by atoms with Gasteiger partial charge in [-0.15, -0.1) is 0 Å². The third kappa shape index (κ3) is 4.97. The van der Waals surface area contributed by atoms with E-state index in [0.29, 0.717) is 19.7 Å². The molecule has 1 saturated heterocycles. The summed E-state index contributed by atoms with van der Waals surface area (Å²) in [5.41, 5.74) is 1.06. The van der Waals surface area contributed by atoms with Crippen LogP contribution in [0.2, 0.25) is 0 Å². The monoisotopic (exact) mass is 416 g/mol. The van der Waals surface area contributed by atoms with E-state index in [1.165, 1.54) is 10.4 Å². The zero-order chi connectivity index (χ0) is 20.9. The van der Waals surface area contributed by atoms with Gasteiger partial charge in [0.2, 0.25) is 10.0 Å². The van der Waals surface area contributed by atoms with Crippen molar-refractivity contribution in [2.75, 3.05) is 19.7 Å². The summed E-state index contributed by atoms with van der Waals surface area (Å²) in [5.74, 6) is 0.328. The molecule has 2 aromatic carbocycles. The highest BCUT2D eigenvalue weighted by Gasteiger charge is 2.30. The second-order valence-electron chi connectivity index (χ2n) is 7.16. The molecule has 1 heterocycles. The van der Waals surface area contributed by atoms with Gasteiger partial charge in [0.15, 0.2) is 0 Å². The molecule has 1 aliphatic rings. The fourth-order valence-corrected chi connectivity index (χ4v) is 5.23. The SMILES string of the molecule is CCOc1cccc(C(C)NC(=O)c2ccccc2S(=O)(=O)N2CCCCC2)c1. The third-order valence-electron chi connectivity index (χ3n) is 5.08. The number of carbonyl (C=O) groups excluding carboxylic acids is 1. The van der Waals surface area contributed by atoms with E-state index in [1.54, 1.807) is 18.2 Å². The van der Waals surface area contributed by atoms with Crippen molar-refractivity contribution < 1.29 is 17.9 Å². The Bertz CT molecular complexity index is 953. The van der Waals surface area contributed by atoms with Gasteiger partial charge in [-0.2, -0.15) is 4.31 Å². The molecule has 0 saturated carbocycles. The van der Waals surface area contributed by atoms with E-state index in [1.807, 2.05) is 38.1 Å². The van der Waals surface area contributed by atoms with Crippen LogP contribution in [0.3, 0.4) is 0 Å². The maximum Gasteiger partial charge on any atom is 0.253 e. The second kappa shape index (κ2) is 9.41. The Morgan fingerprint density at radius 1 is 1.10 bits per heavy atom. The highest BCUT2D eigenvalue weighted by atomic mass is 32.2. The van der Waals surface area contributed by atoms with Crippen molar-refractivity contribution >= 4 is 15.9 Å². The Hall–Kier alpha value is -2.38. The normalized spacial score (nSPS) is 16.2. The molecule has 29 heavy (non-hydrogen) atoms. The number of nitrogens with one attached hydrogen (secondary N) is 1. The molecule has 2 aromatic rings. The summed E-state index contributed by atoms with van der Waals surface area (Å²) < 4.78 is 33.2. The Labute approximate surface area is 172 Å². The van der Waals surface area contributed by atoms with E-state index >= 15 is 0 Å². The average Bonchev–Trinajstić information content (AvgIpc) is 2.74. The third-order valence-corrected chi connectivity index (χ3v) is 7.04. The van der Waals surface area contributed by atoms with Crippen LogP contribution in [0, 0.1) is 0 Å². The predicted molar refractivity (Wildman–Crippen MR) is 113 cm³/mol. The van der Waals surface area contributed by atoms with Gasteiger partial charge in [0.25, 0.3) is 5.91 Å². The van der Waals surface area contributed by atoms with Gasteiger partial charge in [-0.25, -0.2) is 8.42 Å². The van der Waals surface area contributed by atoms with Gasteiger partial charge in [0.1, 0.15) is 5.75 Å². The molecule has 6 nitrogen and oxygen atoms in total. The summed E-state index contributed by atoms with van der Waals surface area (Å²) >= 11 is 0. The first-order chi connectivity index (χ1) is 13.9. The first-order valence-corrected chi connectivity index (χ1v) is 11.5. The number of ether oxygens (including phenoxy) is 1. The van der Waals surface area contributed by atoms with Crippen molar-refractivity contribution in [1.29, 1.82) is 0 Å². The van der Waals surface area contributed by atoms with Crippen molar-refractivity contribution in [2.45, 2.75) is 44.0 Å². The number of benzene rings is 2. The van der Waals surface area contributed by atoms with Crippen LogP contribution in [-0.4, -0.2) is 38.3 Å². The maximum absolute atomic E-state index is 13.1. The van der Waals surface area contributed by atoms with Gasteiger partial charge in [0.05, 0.1) is 23.1 Å². The molecule has 1 amide bonds. The zero-order valence-corrected chi connectivity index (χ0v) is 17.7. The highest BCUT2D eigenvalue weighted by molar-refractivity contribution is 7.89. The summed E-state index contributed by atoms with van der Waals surface area (Å²) in [6.07, 6.45) is 2.73. The number of amides is 1. The number of piperidine rings is 1. The minimum Gasteiger partial charge on any atom is -0.494 e. The Balaban J connectivity index is 1.82. The quantitative estimate of drug-likeness (QED) is 0.746. The second-order valence-corrected chi connectivity index (χ2v) is 9.07. The van der Waals surface area contributed by atoms with Gasteiger partial charge >= 0.3 is 0 Å². The number of hydrogen-bond donors (Lipinski definition) is 1. The molecule has 0 aliphatic carbocycles. The fraction of sp³-hybridized carbons (Fsp3) is 0.409. The molecule has 1 N–H and O–H groups in total. The first kappa shape index (κ1) is 21.3. The van der Waals surface area contributed by atoms with E-state index in [4.69, 9.17) is 4.74 Å². The van der Waals surface area contributed by atoms with Crippen LogP contribution in [0.5, 0.6) is 5.75 Å². The van der Waals surface area contributed by atoms with Crippen molar-refractivity contribution in [3.8, 4) is 5.75 Å². The Morgan fingerprint density at radius 2 is 1.83 bits per heavy atom. The molecule has 1 fully saturated rings. The van der Waals surface area contributed by atoms with Gasteiger partial charge in [0, 0.05) is 13.1 Å². The standard InChI is InChI=1S/C22H28N2O4S/c1-3-28-19-11-9-10-18(16-19)17(2)23-22(25)20-12-5-6-13-21(20)29(26,27)24-14-7-4-8-15-24/h5-6,9-13,16-17H,3-4,7-8,14-15H2,1-2H3,(H,23,25). The van der Waals surface area contributed by atoms with Gasteiger partial charge in [-0.1, -0.05) is 30.7 Å². The first-order valence-electron chi connectivity index (χ1n) is 10.1. The smallest absolute Gasteiger partial charge is 0.253 e. The lowest BCUT2D eigenvalue weighted by Crippen LogP contribution is -2.37. The van der Waals surface area contributed by atoms with Gasteiger partial charge in [-0.3, -0.25) is 4.79 Å². The average molecular weight is 417 g/mol. The minimum absolute atomic E-state index is 0.0645. The van der Waals surface area contributed by atoms with E-state index in [0.717, 1.165) is 30.6 Å². The molecule has 0 radical (unpaired) electrons. The highest BCUT2D eigenvalue weighted by Crippen LogP contribution is 2.25. The summed E-state index contributed by atoms with van der Waals surface area (Å²) in [5, 5.41) is 2.92. The van der Waals surface area contributed by atoms with Crippen molar-refractivity contribution in [2.24, 2.45) is 0 Å². The summed E-state index contributed by atoms with van der Waals surface area (Å²) in [6.45, 7) is 5.34. The summed E-state index contributed by atoms with van der Waals surface area (Å²) in [6, 6.07) is 13.6. The van der Waals surface area contributed by atoms with Crippen LogP contribution in [0.25, 0.3) is 0 Å². The van der Waals surface area contributed by atoms with Crippen LogP contribution in [-0.2, 0) is 10.0 Å². The maximum atomic E-state index is 13.1. The van der Waals surface area contributed by atoms with Crippen molar-refractivity contribution in [3.63, 3.8) is 0 Å². The molecule has 156 valence electrons. The van der Waals surface area contributed by atoms with Crippen LogP contribution < -0.4 is 10.1 Å². The molecule has 0 bridgehead atoms. The van der Waals surface area contributed by atoms with E-state index in [-0.39, 0.29) is 16.5 Å². The molecule has 0 aromatic heterocycles. The molecule has 1 aliphatic heterocycles. The van der Waals surface area contributed by atoms with Crippen LogP contribution in [0.1, 0.15) is 55.1 Å². The minimum atomic E-state index is -3.70. The lowest BCUT2D eigenvalue weighted by molar-refractivity contribution is 0.0936. The summed E-state index contributed by atoms with van der Waals surface area (Å²) in [7, 11) is -3.70. The van der Waals surface area contributed by atoms with E-state index in [9.17, 15) is 13.2 Å². The van der Waals surface area contributed by atoms with Gasteiger partial charge < -0.3 is 10.1 Å². The van der Waals surface area contributed by atoms with Crippen LogP contribution in [0.15, 0.2) is 53.4 Å². The van der Waals surface area contributed by atoms with Gasteiger partial charge in [-0.05, 0) is 56.5 Å².